The number of benzene rings is 1. The van der Waals surface area contributed by atoms with Crippen LogP contribution in [0.4, 0.5) is 0 Å². The van der Waals surface area contributed by atoms with Crippen LogP contribution >= 0.6 is 11.6 Å². The largest absolute Gasteiger partial charge is 0.336 e. The highest BCUT2D eigenvalue weighted by Gasteiger charge is 2.28. The Morgan fingerprint density at radius 1 is 1.15 bits per heavy atom. The Hall–Kier alpha value is -1.90. The Morgan fingerprint density at radius 3 is 2.37 bits per heavy atom. The van der Waals surface area contributed by atoms with Crippen molar-refractivity contribution in [2.45, 2.75) is 6.92 Å². The predicted octanol–water partition coefficient (Wildman–Crippen LogP) is 1.64. The van der Waals surface area contributed by atoms with E-state index < -0.39 is 9.84 Å². The molecule has 3 rings (SSSR count). The minimum Gasteiger partial charge on any atom is -0.336 e. The molecule has 0 spiro atoms. The number of nitrogens with zero attached hydrogens (tertiary/aromatic N) is 4. The molecule has 1 aromatic heterocycles. The molecule has 1 amide bonds. The number of para-hydroxylation sites is 1. The second kappa shape index (κ2) is 8.00. The normalized spacial score (nSPS) is 15.9. The number of amides is 1. The summed E-state index contributed by atoms with van der Waals surface area (Å²) in [6.07, 6.45) is 1.24. The number of aryl methyl sites for hydroxylation is 1. The fourth-order valence-corrected chi connectivity index (χ4v) is 4.05. The van der Waals surface area contributed by atoms with Crippen LogP contribution in [0.25, 0.3) is 5.69 Å². The van der Waals surface area contributed by atoms with Crippen LogP contribution in [-0.4, -0.2) is 78.6 Å². The van der Waals surface area contributed by atoms with E-state index in [4.69, 9.17) is 11.6 Å². The topological polar surface area (TPSA) is 75.5 Å². The van der Waals surface area contributed by atoms with Crippen LogP contribution < -0.4 is 0 Å². The average molecular weight is 411 g/mol. The number of halogens is 1. The molecule has 0 bridgehead atoms. The predicted molar refractivity (Wildman–Crippen MR) is 105 cm³/mol. The molecule has 7 nitrogen and oxygen atoms in total. The van der Waals surface area contributed by atoms with Gasteiger partial charge in [-0.25, -0.2) is 13.1 Å². The van der Waals surface area contributed by atoms with Gasteiger partial charge >= 0.3 is 0 Å². The van der Waals surface area contributed by atoms with Crippen molar-refractivity contribution in [2.75, 3.05) is 44.7 Å². The van der Waals surface area contributed by atoms with E-state index in [-0.39, 0.29) is 11.7 Å². The lowest BCUT2D eigenvalue weighted by molar-refractivity contribution is 0.0643. The molecule has 2 heterocycles. The van der Waals surface area contributed by atoms with Gasteiger partial charge in [0.15, 0.2) is 0 Å². The number of piperazine rings is 1. The van der Waals surface area contributed by atoms with E-state index in [0.29, 0.717) is 49.1 Å². The summed E-state index contributed by atoms with van der Waals surface area (Å²) in [5.74, 6) is -0.00197. The van der Waals surface area contributed by atoms with E-state index in [1.807, 2.05) is 30.3 Å². The summed E-state index contributed by atoms with van der Waals surface area (Å²) in [5.41, 5.74) is 1.81. The van der Waals surface area contributed by atoms with E-state index in [1.54, 1.807) is 16.5 Å². The van der Waals surface area contributed by atoms with Crippen molar-refractivity contribution in [1.82, 2.24) is 19.6 Å². The Bertz CT molecular complexity index is 920. The van der Waals surface area contributed by atoms with Crippen LogP contribution in [0.5, 0.6) is 0 Å². The number of aromatic nitrogens is 2. The molecular formula is C18H23ClN4O3S. The van der Waals surface area contributed by atoms with Crippen molar-refractivity contribution < 1.29 is 13.2 Å². The van der Waals surface area contributed by atoms with E-state index in [2.05, 4.69) is 10.00 Å². The highest BCUT2D eigenvalue weighted by molar-refractivity contribution is 7.90. The smallest absolute Gasteiger partial charge is 0.258 e. The molecule has 146 valence electrons. The van der Waals surface area contributed by atoms with Gasteiger partial charge in [0, 0.05) is 39.0 Å². The Kier molecular flexibility index (Phi) is 5.88. The summed E-state index contributed by atoms with van der Waals surface area (Å²) < 4.78 is 24.2. The van der Waals surface area contributed by atoms with Gasteiger partial charge < -0.3 is 4.90 Å². The van der Waals surface area contributed by atoms with Crippen LogP contribution in [0, 0.1) is 6.92 Å². The molecule has 9 heteroatoms. The van der Waals surface area contributed by atoms with Crippen LogP contribution in [-0.2, 0) is 9.84 Å². The minimum atomic E-state index is -2.98. The highest BCUT2D eigenvalue weighted by atomic mass is 35.5. The third-order valence-corrected chi connectivity index (χ3v) is 5.93. The van der Waals surface area contributed by atoms with Crippen LogP contribution in [0.1, 0.15) is 16.1 Å². The van der Waals surface area contributed by atoms with Crippen LogP contribution in [0.2, 0.25) is 5.15 Å². The zero-order valence-corrected chi connectivity index (χ0v) is 17.0. The molecule has 0 saturated carbocycles. The lowest BCUT2D eigenvalue weighted by atomic mass is 10.2. The Morgan fingerprint density at radius 2 is 1.78 bits per heavy atom. The number of carbonyl (C=O) groups excluding carboxylic acids is 1. The minimum absolute atomic E-state index is 0.135. The van der Waals surface area contributed by atoms with Crippen molar-refractivity contribution in [1.29, 1.82) is 0 Å². The van der Waals surface area contributed by atoms with Crippen LogP contribution in [0.15, 0.2) is 30.3 Å². The van der Waals surface area contributed by atoms with E-state index >= 15 is 0 Å². The molecular weight excluding hydrogens is 388 g/mol. The van der Waals surface area contributed by atoms with Gasteiger partial charge in [0.05, 0.1) is 22.7 Å². The lowest BCUT2D eigenvalue weighted by Gasteiger charge is -2.34. The highest BCUT2D eigenvalue weighted by Crippen LogP contribution is 2.25. The van der Waals surface area contributed by atoms with Crippen molar-refractivity contribution in [3.63, 3.8) is 0 Å². The zero-order chi connectivity index (χ0) is 19.6. The second-order valence-electron chi connectivity index (χ2n) is 6.76. The van der Waals surface area contributed by atoms with Crippen molar-refractivity contribution in [2.24, 2.45) is 0 Å². The number of rotatable bonds is 5. The monoisotopic (exact) mass is 410 g/mol. The Balaban J connectivity index is 1.70. The maximum atomic E-state index is 13.0. The second-order valence-corrected chi connectivity index (χ2v) is 9.38. The number of hydrogen-bond donors (Lipinski definition) is 0. The summed E-state index contributed by atoms with van der Waals surface area (Å²) >= 11 is 6.48. The van der Waals surface area contributed by atoms with Gasteiger partial charge in [-0.05, 0) is 19.1 Å². The average Bonchev–Trinajstić information content (AvgIpc) is 2.94. The first kappa shape index (κ1) is 19.9. The first-order valence-corrected chi connectivity index (χ1v) is 11.2. The summed E-state index contributed by atoms with van der Waals surface area (Å²) in [5, 5.41) is 4.74. The molecule has 1 fully saturated rings. The maximum absolute atomic E-state index is 13.0. The van der Waals surface area contributed by atoms with Crippen molar-refractivity contribution in [3.05, 3.63) is 46.7 Å². The van der Waals surface area contributed by atoms with Crippen molar-refractivity contribution >= 4 is 27.3 Å². The first-order chi connectivity index (χ1) is 12.8. The van der Waals surface area contributed by atoms with E-state index in [0.717, 1.165) is 5.69 Å². The van der Waals surface area contributed by atoms with Crippen molar-refractivity contribution in [3.8, 4) is 5.69 Å². The number of sulfone groups is 1. The van der Waals surface area contributed by atoms with Gasteiger partial charge in [-0.15, -0.1) is 0 Å². The molecule has 0 radical (unpaired) electrons. The quantitative estimate of drug-likeness (QED) is 0.749. The lowest BCUT2D eigenvalue weighted by Crippen LogP contribution is -2.49. The van der Waals surface area contributed by atoms with Gasteiger partial charge in [0.2, 0.25) is 0 Å². The Labute approximate surface area is 164 Å². The van der Waals surface area contributed by atoms with Gasteiger partial charge in [-0.1, -0.05) is 29.8 Å². The molecule has 27 heavy (non-hydrogen) atoms. The summed E-state index contributed by atoms with van der Waals surface area (Å²) in [7, 11) is -2.98. The molecule has 0 N–H and O–H groups in total. The molecule has 0 aliphatic carbocycles. The number of carbonyl (C=O) groups is 1. The fourth-order valence-electron chi connectivity index (χ4n) is 3.11. The SMILES string of the molecule is Cc1nn(-c2ccccc2)c(Cl)c1C(=O)N1CCN(CCS(C)(=O)=O)CC1. The zero-order valence-electron chi connectivity index (χ0n) is 15.4. The van der Waals surface area contributed by atoms with Gasteiger partial charge in [0.25, 0.3) is 5.91 Å². The third kappa shape index (κ3) is 4.69. The molecule has 0 atom stereocenters. The maximum Gasteiger partial charge on any atom is 0.258 e. The fraction of sp³-hybridized carbons (Fsp3) is 0.444. The molecule has 2 aromatic rings. The first-order valence-electron chi connectivity index (χ1n) is 8.76. The molecule has 1 saturated heterocycles. The van der Waals surface area contributed by atoms with Gasteiger partial charge in [-0.3, -0.25) is 9.69 Å². The molecule has 1 aromatic carbocycles. The number of hydrogen-bond acceptors (Lipinski definition) is 5. The molecule has 0 unspecified atom stereocenters. The summed E-state index contributed by atoms with van der Waals surface area (Å²) in [4.78, 5) is 16.8. The van der Waals surface area contributed by atoms with Gasteiger partial charge in [0.1, 0.15) is 15.0 Å². The third-order valence-electron chi connectivity index (χ3n) is 4.66. The standard InChI is InChI=1S/C18H23ClN4O3S/c1-14-16(17(19)23(20-14)15-6-4-3-5-7-15)18(24)22-10-8-21(9-11-22)12-13-27(2,25)26/h3-7H,8-13H2,1-2H3. The van der Waals surface area contributed by atoms with E-state index in [9.17, 15) is 13.2 Å². The van der Waals surface area contributed by atoms with Gasteiger partial charge in [-0.2, -0.15) is 5.10 Å². The van der Waals surface area contributed by atoms with Crippen LogP contribution in [0.3, 0.4) is 0 Å². The molecule has 1 aliphatic heterocycles. The summed E-state index contributed by atoms with van der Waals surface area (Å²) in [6, 6.07) is 9.45. The van der Waals surface area contributed by atoms with E-state index in [1.165, 1.54) is 6.26 Å². The molecule has 1 aliphatic rings. The summed E-state index contributed by atoms with van der Waals surface area (Å²) in [6.45, 7) is 4.63.